The Balaban J connectivity index is 1.80. The number of methoxy groups -OCH3 is 2. The van der Waals surface area contributed by atoms with Gasteiger partial charge < -0.3 is 19.1 Å². The van der Waals surface area contributed by atoms with Crippen molar-refractivity contribution in [3.8, 4) is 11.5 Å². The number of nitrogens with zero attached hydrogens (tertiary/aromatic N) is 1. The fraction of sp³-hybridized carbons (Fsp3) is 0.562. The van der Waals surface area contributed by atoms with Crippen LogP contribution in [0.2, 0.25) is 0 Å². The molecule has 6 heteroatoms. The van der Waals surface area contributed by atoms with Crippen molar-refractivity contribution in [2.24, 2.45) is 0 Å². The molecular formula is C16H21NO4S. The van der Waals surface area contributed by atoms with Crippen LogP contribution in [-0.4, -0.2) is 50.0 Å². The molecule has 22 heavy (non-hydrogen) atoms. The number of amides is 1. The smallest absolute Gasteiger partial charge is 0.233 e. The molecule has 5 nitrogen and oxygen atoms in total. The first kappa shape index (κ1) is 15.5. The highest BCUT2D eigenvalue weighted by Crippen LogP contribution is 2.41. The summed E-state index contributed by atoms with van der Waals surface area (Å²) in [4.78, 5) is 14.1. The third kappa shape index (κ3) is 3.03. The van der Waals surface area contributed by atoms with Crippen molar-refractivity contribution in [3.63, 3.8) is 0 Å². The molecule has 0 aliphatic carbocycles. The number of ether oxygens (including phenoxy) is 3. The number of thioether (sulfide) groups is 1. The van der Waals surface area contributed by atoms with Crippen LogP contribution in [-0.2, 0) is 9.53 Å². The summed E-state index contributed by atoms with van der Waals surface area (Å²) in [7, 11) is 3.24. The Morgan fingerprint density at radius 3 is 2.82 bits per heavy atom. The first-order valence-electron chi connectivity index (χ1n) is 7.47. The molecule has 120 valence electrons. The first-order chi connectivity index (χ1) is 10.7. The fourth-order valence-electron chi connectivity index (χ4n) is 2.94. The number of carbonyl (C=O) groups is 1. The lowest BCUT2D eigenvalue weighted by Crippen LogP contribution is -2.35. The summed E-state index contributed by atoms with van der Waals surface area (Å²) in [6, 6.07) is 5.85. The Kier molecular flexibility index (Phi) is 4.78. The van der Waals surface area contributed by atoms with Crippen molar-refractivity contribution in [3.05, 3.63) is 23.8 Å². The predicted octanol–water partition coefficient (Wildman–Crippen LogP) is 2.46. The second kappa shape index (κ2) is 6.79. The zero-order valence-electron chi connectivity index (χ0n) is 12.9. The molecule has 0 aromatic heterocycles. The zero-order valence-corrected chi connectivity index (χ0v) is 13.7. The monoisotopic (exact) mass is 323 g/mol. The van der Waals surface area contributed by atoms with Gasteiger partial charge >= 0.3 is 0 Å². The number of rotatable bonds is 5. The van der Waals surface area contributed by atoms with Crippen molar-refractivity contribution in [2.45, 2.75) is 24.3 Å². The van der Waals surface area contributed by atoms with Crippen molar-refractivity contribution >= 4 is 17.7 Å². The van der Waals surface area contributed by atoms with Crippen LogP contribution < -0.4 is 9.47 Å². The van der Waals surface area contributed by atoms with E-state index in [0.29, 0.717) is 23.8 Å². The topological polar surface area (TPSA) is 48.0 Å². The minimum atomic E-state index is 0.0245. The fourth-order valence-corrected chi connectivity index (χ4v) is 4.13. The maximum absolute atomic E-state index is 12.2. The standard InChI is InChI=1S/C16H21NO4S/c1-19-13-6-5-11(8-14(13)20-2)16-17(15(18)10-22-16)9-12-4-3-7-21-12/h5-6,8,12,16H,3-4,7,9-10H2,1-2H3/t12-,16+/m0/s1. The third-order valence-electron chi connectivity index (χ3n) is 4.09. The minimum absolute atomic E-state index is 0.0245. The number of hydrogen-bond donors (Lipinski definition) is 0. The second-order valence-corrected chi connectivity index (χ2v) is 6.53. The van der Waals surface area contributed by atoms with Gasteiger partial charge in [0.15, 0.2) is 11.5 Å². The molecule has 1 aromatic carbocycles. The summed E-state index contributed by atoms with van der Waals surface area (Å²) in [6.07, 6.45) is 2.29. The molecule has 2 saturated heterocycles. The quantitative estimate of drug-likeness (QED) is 0.833. The van der Waals surface area contributed by atoms with Crippen LogP contribution in [0, 0.1) is 0 Å². The van der Waals surface area contributed by atoms with Gasteiger partial charge in [-0.05, 0) is 30.5 Å². The zero-order chi connectivity index (χ0) is 15.5. The SMILES string of the molecule is COc1ccc([C@H]2SCC(=O)N2C[C@@H]2CCCO2)cc1OC. The third-order valence-corrected chi connectivity index (χ3v) is 5.34. The molecule has 3 rings (SSSR count). The maximum atomic E-state index is 12.2. The molecule has 0 radical (unpaired) electrons. The molecule has 2 aliphatic heterocycles. The van der Waals surface area contributed by atoms with Crippen molar-refractivity contribution < 1.29 is 19.0 Å². The van der Waals surface area contributed by atoms with E-state index in [4.69, 9.17) is 14.2 Å². The van der Waals surface area contributed by atoms with E-state index in [1.54, 1.807) is 26.0 Å². The van der Waals surface area contributed by atoms with Gasteiger partial charge in [-0.2, -0.15) is 0 Å². The molecule has 1 aromatic rings. The first-order valence-corrected chi connectivity index (χ1v) is 8.52. The summed E-state index contributed by atoms with van der Waals surface area (Å²) in [5.74, 6) is 2.09. The normalized spacial score (nSPS) is 24.8. The lowest BCUT2D eigenvalue weighted by molar-refractivity contribution is -0.129. The molecule has 0 bridgehead atoms. The van der Waals surface area contributed by atoms with Gasteiger partial charge in [-0.3, -0.25) is 4.79 Å². The van der Waals surface area contributed by atoms with Gasteiger partial charge in [0.2, 0.25) is 5.91 Å². The number of benzene rings is 1. The van der Waals surface area contributed by atoms with Crippen LogP contribution in [0.3, 0.4) is 0 Å². The Morgan fingerprint density at radius 2 is 2.14 bits per heavy atom. The van der Waals surface area contributed by atoms with Crippen LogP contribution in [0.4, 0.5) is 0 Å². The Labute approximate surface area is 134 Å². The Hall–Kier alpha value is -1.40. The van der Waals surface area contributed by atoms with Gasteiger partial charge in [-0.25, -0.2) is 0 Å². The van der Waals surface area contributed by atoms with Gasteiger partial charge in [-0.15, -0.1) is 11.8 Å². The number of carbonyl (C=O) groups excluding carboxylic acids is 1. The van der Waals surface area contributed by atoms with Crippen LogP contribution >= 0.6 is 11.8 Å². The highest BCUT2D eigenvalue weighted by molar-refractivity contribution is 8.00. The molecule has 2 aliphatic rings. The van der Waals surface area contributed by atoms with Gasteiger partial charge in [0, 0.05) is 13.2 Å². The van der Waals surface area contributed by atoms with E-state index in [1.165, 1.54) is 0 Å². The van der Waals surface area contributed by atoms with E-state index in [2.05, 4.69) is 0 Å². The van der Waals surface area contributed by atoms with Crippen molar-refractivity contribution in [1.82, 2.24) is 4.90 Å². The average Bonchev–Trinajstić information content (AvgIpc) is 3.18. The van der Waals surface area contributed by atoms with Crippen LogP contribution in [0.25, 0.3) is 0 Å². The van der Waals surface area contributed by atoms with E-state index in [-0.39, 0.29) is 17.4 Å². The molecule has 0 unspecified atom stereocenters. The summed E-state index contributed by atoms with van der Waals surface area (Å²) < 4.78 is 16.3. The van der Waals surface area contributed by atoms with E-state index in [9.17, 15) is 4.79 Å². The van der Waals surface area contributed by atoms with Crippen molar-refractivity contribution in [1.29, 1.82) is 0 Å². The van der Waals surface area contributed by atoms with Crippen LogP contribution in [0.5, 0.6) is 11.5 Å². The largest absolute Gasteiger partial charge is 0.493 e. The highest BCUT2D eigenvalue weighted by Gasteiger charge is 2.35. The van der Waals surface area contributed by atoms with Crippen molar-refractivity contribution in [2.75, 3.05) is 33.1 Å². The second-order valence-electron chi connectivity index (χ2n) is 5.46. The summed E-state index contributed by atoms with van der Waals surface area (Å²) >= 11 is 1.65. The van der Waals surface area contributed by atoms with E-state index in [0.717, 1.165) is 25.0 Å². The number of hydrogen-bond acceptors (Lipinski definition) is 5. The van der Waals surface area contributed by atoms with E-state index >= 15 is 0 Å². The lowest BCUT2D eigenvalue weighted by Gasteiger charge is -2.27. The summed E-state index contributed by atoms with van der Waals surface area (Å²) in [5.41, 5.74) is 1.06. The van der Waals surface area contributed by atoms with Crippen LogP contribution in [0.15, 0.2) is 18.2 Å². The molecular weight excluding hydrogens is 302 g/mol. The lowest BCUT2D eigenvalue weighted by atomic mass is 10.1. The van der Waals surface area contributed by atoms with E-state index < -0.39 is 0 Å². The van der Waals surface area contributed by atoms with Gasteiger partial charge in [0.05, 0.1) is 26.1 Å². The van der Waals surface area contributed by atoms with E-state index in [1.807, 2.05) is 23.1 Å². The van der Waals surface area contributed by atoms with Gasteiger partial charge in [-0.1, -0.05) is 6.07 Å². The Morgan fingerprint density at radius 1 is 1.32 bits per heavy atom. The predicted molar refractivity (Wildman–Crippen MR) is 85.4 cm³/mol. The minimum Gasteiger partial charge on any atom is -0.493 e. The van der Waals surface area contributed by atoms with Crippen LogP contribution in [0.1, 0.15) is 23.8 Å². The molecule has 0 spiro atoms. The molecule has 1 amide bonds. The molecule has 0 saturated carbocycles. The molecule has 0 N–H and O–H groups in total. The summed E-state index contributed by atoms with van der Waals surface area (Å²) in [5, 5.41) is 0.0245. The molecule has 2 fully saturated rings. The van der Waals surface area contributed by atoms with Gasteiger partial charge in [0.25, 0.3) is 0 Å². The molecule has 2 atom stereocenters. The highest BCUT2D eigenvalue weighted by atomic mass is 32.2. The average molecular weight is 323 g/mol. The molecule has 2 heterocycles. The Bertz CT molecular complexity index is 545. The maximum Gasteiger partial charge on any atom is 0.233 e. The van der Waals surface area contributed by atoms with Gasteiger partial charge in [0.1, 0.15) is 5.37 Å². The summed E-state index contributed by atoms with van der Waals surface area (Å²) in [6.45, 7) is 1.48.